The summed E-state index contributed by atoms with van der Waals surface area (Å²) < 4.78 is 30.9. The monoisotopic (exact) mass is 382 g/mol. The Kier molecular flexibility index (Phi) is 3.88. The van der Waals surface area contributed by atoms with Gasteiger partial charge in [-0.15, -0.1) is 0 Å². The second kappa shape index (κ2) is 6.02. The van der Waals surface area contributed by atoms with Crippen molar-refractivity contribution >= 4 is 26.5 Å². The molecule has 1 aromatic carbocycles. The van der Waals surface area contributed by atoms with Gasteiger partial charge in [-0.05, 0) is 42.7 Å². The maximum absolute atomic E-state index is 11.8. The zero-order chi connectivity index (χ0) is 19.3. The summed E-state index contributed by atoms with van der Waals surface area (Å²) in [4.78, 5) is 12.8. The molecule has 0 spiro atoms. The SMILES string of the molecule is COc1ccc(C)c(-c2cc3cnc(S(C)(=O)=O)nc3n3ccnc23)c1C. The van der Waals surface area contributed by atoms with Gasteiger partial charge in [0.15, 0.2) is 0 Å². The number of benzene rings is 1. The zero-order valence-electron chi connectivity index (χ0n) is 15.4. The van der Waals surface area contributed by atoms with Gasteiger partial charge in [0.25, 0.3) is 0 Å². The van der Waals surface area contributed by atoms with Crippen LogP contribution in [0.1, 0.15) is 11.1 Å². The van der Waals surface area contributed by atoms with E-state index in [1.165, 1.54) is 6.20 Å². The number of nitrogens with zero attached hydrogens (tertiary/aromatic N) is 4. The molecule has 0 atom stereocenters. The first-order valence-corrected chi connectivity index (χ1v) is 10.2. The van der Waals surface area contributed by atoms with Crippen molar-refractivity contribution in [3.8, 4) is 16.9 Å². The Labute approximate surface area is 156 Å². The Bertz CT molecular complexity index is 1310. The molecule has 0 aliphatic carbocycles. The van der Waals surface area contributed by atoms with Crippen LogP contribution in [0.15, 0.2) is 41.9 Å². The zero-order valence-corrected chi connectivity index (χ0v) is 16.2. The lowest BCUT2D eigenvalue weighted by Gasteiger charge is -2.15. The number of methoxy groups -OCH3 is 1. The Morgan fingerprint density at radius 3 is 2.59 bits per heavy atom. The Balaban J connectivity index is 2.11. The van der Waals surface area contributed by atoms with E-state index < -0.39 is 9.84 Å². The van der Waals surface area contributed by atoms with Crippen molar-refractivity contribution in [1.29, 1.82) is 0 Å². The lowest BCUT2D eigenvalue weighted by Crippen LogP contribution is -2.06. The van der Waals surface area contributed by atoms with Crippen LogP contribution in [0.4, 0.5) is 0 Å². The van der Waals surface area contributed by atoms with Crippen molar-refractivity contribution in [1.82, 2.24) is 19.4 Å². The third kappa shape index (κ3) is 2.73. The van der Waals surface area contributed by atoms with E-state index in [-0.39, 0.29) is 5.16 Å². The molecule has 138 valence electrons. The first kappa shape index (κ1) is 17.4. The van der Waals surface area contributed by atoms with Crippen LogP contribution in [0.3, 0.4) is 0 Å². The fourth-order valence-electron chi connectivity index (χ4n) is 3.38. The van der Waals surface area contributed by atoms with Gasteiger partial charge >= 0.3 is 0 Å². The fourth-order valence-corrected chi connectivity index (χ4v) is 3.88. The van der Waals surface area contributed by atoms with Crippen LogP contribution in [0, 0.1) is 13.8 Å². The second-order valence-corrected chi connectivity index (χ2v) is 8.38. The highest BCUT2D eigenvalue weighted by atomic mass is 32.2. The number of hydrogen-bond acceptors (Lipinski definition) is 6. The molecule has 27 heavy (non-hydrogen) atoms. The van der Waals surface area contributed by atoms with E-state index in [9.17, 15) is 8.42 Å². The van der Waals surface area contributed by atoms with Crippen LogP contribution < -0.4 is 4.74 Å². The summed E-state index contributed by atoms with van der Waals surface area (Å²) in [6.45, 7) is 4.04. The Morgan fingerprint density at radius 1 is 1.11 bits per heavy atom. The summed E-state index contributed by atoms with van der Waals surface area (Å²) in [6, 6.07) is 5.89. The summed E-state index contributed by atoms with van der Waals surface area (Å²) in [7, 11) is -1.86. The van der Waals surface area contributed by atoms with Gasteiger partial charge in [-0.3, -0.25) is 4.40 Å². The van der Waals surface area contributed by atoms with E-state index in [0.29, 0.717) is 11.3 Å². The van der Waals surface area contributed by atoms with Gasteiger partial charge in [0, 0.05) is 35.8 Å². The standard InChI is InChI=1S/C19H18N4O3S/c1-11-5-6-15(26-3)12(2)16(11)14-9-13-10-21-19(27(4,24)25)22-17(13)23-8-7-20-18(14)23/h5-10H,1-4H3. The van der Waals surface area contributed by atoms with Gasteiger partial charge in [0.2, 0.25) is 15.0 Å². The fraction of sp³-hybridized carbons (Fsp3) is 0.211. The lowest BCUT2D eigenvalue weighted by atomic mass is 9.95. The van der Waals surface area contributed by atoms with Gasteiger partial charge in [-0.1, -0.05) is 6.07 Å². The van der Waals surface area contributed by atoms with Crippen molar-refractivity contribution in [2.24, 2.45) is 0 Å². The average Bonchev–Trinajstić information content (AvgIpc) is 3.11. The molecule has 0 saturated carbocycles. The van der Waals surface area contributed by atoms with Crippen LogP contribution in [0.2, 0.25) is 0 Å². The number of aryl methyl sites for hydroxylation is 1. The van der Waals surface area contributed by atoms with Gasteiger partial charge < -0.3 is 4.74 Å². The summed E-state index contributed by atoms with van der Waals surface area (Å²) in [6.07, 6.45) is 6.07. The van der Waals surface area contributed by atoms with Gasteiger partial charge in [-0.25, -0.2) is 18.4 Å². The topological polar surface area (TPSA) is 86.5 Å². The van der Waals surface area contributed by atoms with Crippen molar-refractivity contribution in [2.45, 2.75) is 19.0 Å². The highest BCUT2D eigenvalue weighted by molar-refractivity contribution is 7.90. The molecular weight excluding hydrogens is 364 g/mol. The molecule has 8 heteroatoms. The molecule has 3 heterocycles. The summed E-state index contributed by atoms with van der Waals surface area (Å²) >= 11 is 0. The minimum Gasteiger partial charge on any atom is -0.496 e. The van der Waals surface area contributed by atoms with Crippen LogP contribution in [0.25, 0.3) is 27.8 Å². The van der Waals surface area contributed by atoms with Crippen LogP contribution >= 0.6 is 0 Å². The smallest absolute Gasteiger partial charge is 0.248 e. The van der Waals surface area contributed by atoms with E-state index in [0.717, 1.165) is 39.6 Å². The molecule has 0 aliphatic rings. The molecule has 7 nitrogen and oxygen atoms in total. The number of imidazole rings is 1. The largest absolute Gasteiger partial charge is 0.496 e. The molecule has 4 rings (SSSR count). The molecule has 0 aliphatic heterocycles. The molecule has 0 radical (unpaired) electrons. The van der Waals surface area contributed by atoms with E-state index in [1.54, 1.807) is 23.9 Å². The maximum atomic E-state index is 11.8. The number of aromatic nitrogens is 4. The quantitative estimate of drug-likeness (QED) is 0.506. The van der Waals surface area contributed by atoms with E-state index in [2.05, 4.69) is 15.0 Å². The first-order valence-electron chi connectivity index (χ1n) is 8.28. The average molecular weight is 382 g/mol. The third-order valence-electron chi connectivity index (χ3n) is 4.63. The molecule has 4 aromatic rings. The Hall–Kier alpha value is -3.00. The van der Waals surface area contributed by atoms with Crippen molar-refractivity contribution in [3.05, 3.63) is 47.9 Å². The minimum absolute atomic E-state index is 0.202. The number of ether oxygens (including phenoxy) is 1. The molecule has 0 fully saturated rings. The molecule has 0 bridgehead atoms. The Morgan fingerprint density at radius 2 is 1.89 bits per heavy atom. The second-order valence-electron chi connectivity index (χ2n) is 6.47. The minimum atomic E-state index is -3.50. The maximum Gasteiger partial charge on any atom is 0.248 e. The number of pyridine rings is 1. The normalized spacial score (nSPS) is 12.0. The predicted molar refractivity (Wildman–Crippen MR) is 103 cm³/mol. The van der Waals surface area contributed by atoms with Gasteiger partial charge in [0.1, 0.15) is 17.0 Å². The molecule has 0 N–H and O–H groups in total. The van der Waals surface area contributed by atoms with Crippen LogP contribution in [-0.2, 0) is 9.84 Å². The third-order valence-corrected chi connectivity index (χ3v) is 5.49. The van der Waals surface area contributed by atoms with Crippen LogP contribution in [-0.4, -0.2) is 41.1 Å². The van der Waals surface area contributed by atoms with Crippen molar-refractivity contribution < 1.29 is 13.2 Å². The summed E-state index contributed by atoms with van der Waals surface area (Å²) in [5, 5.41) is 0.524. The number of fused-ring (bicyclic) bond motifs is 3. The molecule has 0 amide bonds. The van der Waals surface area contributed by atoms with E-state index in [4.69, 9.17) is 4.74 Å². The first-order chi connectivity index (χ1) is 12.8. The highest BCUT2D eigenvalue weighted by Gasteiger charge is 2.18. The lowest BCUT2D eigenvalue weighted by molar-refractivity contribution is 0.412. The number of hydrogen-bond donors (Lipinski definition) is 0. The summed E-state index contributed by atoms with van der Waals surface area (Å²) in [5.74, 6) is 0.795. The molecule has 0 saturated heterocycles. The van der Waals surface area contributed by atoms with E-state index >= 15 is 0 Å². The van der Waals surface area contributed by atoms with Crippen molar-refractivity contribution in [2.75, 3.05) is 13.4 Å². The highest BCUT2D eigenvalue weighted by Crippen LogP contribution is 2.36. The molecular formula is C19H18N4O3S. The van der Waals surface area contributed by atoms with Crippen LogP contribution in [0.5, 0.6) is 5.75 Å². The number of rotatable bonds is 3. The van der Waals surface area contributed by atoms with Gasteiger partial charge in [0.05, 0.1) is 7.11 Å². The molecule has 0 unspecified atom stereocenters. The molecule has 3 aromatic heterocycles. The van der Waals surface area contributed by atoms with Crippen molar-refractivity contribution in [3.63, 3.8) is 0 Å². The number of sulfone groups is 1. The van der Waals surface area contributed by atoms with E-state index in [1.807, 2.05) is 32.0 Å². The summed E-state index contributed by atoms with van der Waals surface area (Å²) in [5.41, 5.74) is 5.23. The predicted octanol–water partition coefficient (Wildman–Crippen LogP) is 2.97. The van der Waals surface area contributed by atoms with Gasteiger partial charge in [-0.2, -0.15) is 4.98 Å².